The van der Waals surface area contributed by atoms with Gasteiger partial charge in [0.15, 0.2) is 0 Å². The number of benzene rings is 1. The summed E-state index contributed by atoms with van der Waals surface area (Å²) in [6, 6.07) is 7.61. The summed E-state index contributed by atoms with van der Waals surface area (Å²) in [5.74, 6) is 0.406. The van der Waals surface area contributed by atoms with Crippen LogP contribution in [0, 0.1) is 0 Å². The summed E-state index contributed by atoms with van der Waals surface area (Å²) >= 11 is 1.33. The smallest absolute Gasteiger partial charge is 0.341 e. The van der Waals surface area contributed by atoms with Gasteiger partial charge in [0.2, 0.25) is 0 Å². The standard InChI is InChI=1S/C15H17NO3S/c1-3-8-19-11-6-4-10(5-7-11)12-9-20-14(16)13(12)15(17)18-2/h4-7,9H,3,8,16H2,1-2H3. The summed E-state index contributed by atoms with van der Waals surface area (Å²) in [5.41, 5.74) is 7.99. The van der Waals surface area contributed by atoms with Crippen LogP contribution in [0.2, 0.25) is 0 Å². The third kappa shape index (κ3) is 2.93. The van der Waals surface area contributed by atoms with Crippen molar-refractivity contribution in [2.24, 2.45) is 0 Å². The molecule has 1 heterocycles. The summed E-state index contributed by atoms with van der Waals surface area (Å²) in [6.45, 7) is 2.75. The largest absolute Gasteiger partial charge is 0.494 e. The van der Waals surface area contributed by atoms with E-state index in [1.165, 1.54) is 18.4 Å². The Morgan fingerprint density at radius 1 is 1.30 bits per heavy atom. The van der Waals surface area contributed by atoms with E-state index in [9.17, 15) is 4.79 Å². The minimum Gasteiger partial charge on any atom is -0.494 e. The van der Waals surface area contributed by atoms with E-state index in [1.54, 1.807) is 0 Å². The second-order valence-corrected chi connectivity index (χ2v) is 5.16. The number of nitrogen functional groups attached to an aromatic ring is 1. The number of anilines is 1. The number of ether oxygens (including phenoxy) is 2. The normalized spacial score (nSPS) is 10.3. The van der Waals surface area contributed by atoms with Gasteiger partial charge in [-0.1, -0.05) is 19.1 Å². The number of thiophene rings is 1. The van der Waals surface area contributed by atoms with Crippen molar-refractivity contribution in [3.8, 4) is 16.9 Å². The van der Waals surface area contributed by atoms with E-state index < -0.39 is 5.97 Å². The van der Waals surface area contributed by atoms with Crippen LogP contribution in [0.1, 0.15) is 23.7 Å². The molecular formula is C15H17NO3S. The van der Waals surface area contributed by atoms with Gasteiger partial charge in [-0.15, -0.1) is 11.3 Å². The number of methoxy groups -OCH3 is 1. The van der Waals surface area contributed by atoms with Crippen LogP contribution in [0.15, 0.2) is 29.6 Å². The predicted octanol–water partition coefficient (Wildman–Crippen LogP) is 3.57. The molecule has 106 valence electrons. The van der Waals surface area contributed by atoms with Crippen molar-refractivity contribution < 1.29 is 14.3 Å². The van der Waals surface area contributed by atoms with Gasteiger partial charge in [-0.3, -0.25) is 0 Å². The maximum atomic E-state index is 11.8. The van der Waals surface area contributed by atoms with Crippen molar-refractivity contribution in [1.82, 2.24) is 0 Å². The highest BCUT2D eigenvalue weighted by Gasteiger charge is 2.19. The van der Waals surface area contributed by atoms with Gasteiger partial charge >= 0.3 is 5.97 Å². The monoisotopic (exact) mass is 291 g/mol. The molecule has 2 N–H and O–H groups in total. The molecule has 20 heavy (non-hydrogen) atoms. The molecule has 0 bridgehead atoms. The van der Waals surface area contributed by atoms with Crippen molar-refractivity contribution in [3.63, 3.8) is 0 Å². The summed E-state index contributed by atoms with van der Waals surface area (Å²) in [5, 5.41) is 2.34. The number of hydrogen-bond acceptors (Lipinski definition) is 5. The lowest BCUT2D eigenvalue weighted by Gasteiger charge is -2.07. The fourth-order valence-electron chi connectivity index (χ4n) is 1.85. The number of carbonyl (C=O) groups is 1. The summed E-state index contributed by atoms with van der Waals surface area (Å²) in [7, 11) is 1.35. The molecular weight excluding hydrogens is 274 g/mol. The zero-order valence-electron chi connectivity index (χ0n) is 11.5. The third-order valence-electron chi connectivity index (χ3n) is 2.85. The number of esters is 1. The van der Waals surface area contributed by atoms with E-state index in [-0.39, 0.29) is 0 Å². The van der Waals surface area contributed by atoms with E-state index in [1.807, 2.05) is 29.6 Å². The highest BCUT2D eigenvalue weighted by atomic mass is 32.1. The molecule has 0 aliphatic carbocycles. The van der Waals surface area contributed by atoms with Gasteiger partial charge in [0.05, 0.1) is 13.7 Å². The lowest BCUT2D eigenvalue weighted by molar-refractivity contribution is 0.0603. The lowest BCUT2D eigenvalue weighted by atomic mass is 10.0. The van der Waals surface area contributed by atoms with Crippen LogP contribution in [-0.2, 0) is 4.74 Å². The van der Waals surface area contributed by atoms with Crippen LogP contribution in [0.3, 0.4) is 0 Å². The van der Waals surface area contributed by atoms with E-state index in [0.717, 1.165) is 23.3 Å². The molecule has 1 aromatic carbocycles. The lowest BCUT2D eigenvalue weighted by Crippen LogP contribution is -2.04. The molecule has 5 heteroatoms. The summed E-state index contributed by atoms with van der Waals surface area (Å²) in [4.78, 5) is 11.8. The molecule has 2 aromatic rings. The molecule has 0 aliphatic rings. The van der Waals surface area contributed by atoms with Gasteiger partial charge in [0.25, 0.3) is 0 Å². The van der Waals surface area contributed by atoms with Crippen molar-refractivity contribution in [1.29, 1.82) is 0 Å². The second kappa shape index (κ2) is 6.43. The van der Waals surface area contributed by atoms with Crippen molar-refractivity contribution in [2.45, 2.75) is 13.3 Å². The number of nitrogens with two attached hydrogens (primary N) is 1. The number of hydrogen-bond donors (Lipinski definition) is 1. The van der Waals surface area contributed by atoms with E-state index in [4.69, 9.17) is 15.2 Å². The number of rotatable bonds is 5. The Balaban J connectivity index is 2.30. The molecule has 0 atom stereocenters. The maximum absolute atomic E-state index is 11.8. The zero-order valence-corrected chi connectivity index (χ0v) is 12.3. The highest BCUT2D eigenvalue weighted by molar-refractivity contribution is 7.14. The fourth-order valence-corrected chi connectivity index (χ4v) is 2.66. The SMILES string of the molecule is CCCOc1ccc(-c2csc(N)c2C(=O)OC)cc1. The minimum atomic E-state index is -0.412. The summed E-state index contributed by atoms with van der Waals surface area (Å²) in [6.07, 6.45) is 0.968. The Labute approximate surface area is 122 Å². The molecule has 0 radical (unpaired) electrons. The van der Waals surface area contributed by atoms with E-state index in [0.29, 0.717) is 17.2 Å². The molecule has 2 rings (SSSR count). The second-order valence-electron chi connectivity index (χ2n) is 4.25. The number of carbonyl (C=O) groups excluding carboxylic acids is 1. The highest BCUT2D eigenvalue weighted by Crippen LogP contribution is 2.34. The first-order chi connectivity index (χ1) is 9.67. The fraction of sp³-hybridized carbons (Fsp3) is 0.267. The topological polar surface area (TPSA) is 61.5 Å². The Morgan fingerprint density at radius 3 is 2.60 bits per heavy atom. The van der Waals surface area contributed by atoms with Gasteiger partial charge in [-0.25, -0.2) is 4.79 Å². The van der Waals surface area contributed by atoms with Crippen LogP contribution in [0.5, 0.6) is 5.75 Å². The Hall–Kier alpha value is -2.01. The quantitative estimate of drug-likeness (QED) is 0.855. The minimum absolute atomic E-state index is 0.412. The van der Waals surface area contributed by atoms with Gasteiger partial charge in [-0.2, -0.15) is 0 Å². The Kier molecular flexibility index (Phi) is 4.63. The average molecular weight is 291 g/mol. The molecule has 0 saturated carbocycles. The molecule has 0 saturated heterocycles. The van der Waals surface area contributed by atoms with E-state index >= 15 is 0 Å². The Morgan fingerprint density at radius 2 is 2.00 bits per heavy atom. The average Bonchev–Trinajstić information content (AvgIpc) is 2.86. The molecule has 4 nitrogen and oxygen atoms in total. The molecule has 0 spiro atoms. The van der Waals surface area contributed by atoms with Crippen molar-refractivity contribution >= 4 is 22.3 Å². The van der Waals surface area contributed by atoms with E-state index in [2.05, 4.69) is 6.92 Å². The van der Waals surface area contributed by atoms with Crippen LogP contribution in [-0.4, -0.2) is 19.7 Å². The molecule has 1 aromatic heterocycles. The van der Waals surface area contributed by atoms with Crippen LogP contribution in [0.4, 0.5) is 5.00 Å². The van der Waals surface area contributed by atoms with Crippen molar-refractivity contribution in [2.75, 3.05) is 19.5 Å². The van der Waals surface area contributed by atoms with Crippen LogP contribution in [0.25, 0.3) is 11.1 Å². The van der Waals surface area contributed by atoms with Gasteiger partial charge in [0, 0.05) is 10.9 Å². The first-order valence-electron chi connectivity index (χ1n) is 6.35. The maximum Gasteiger partial charge on any atom is 0.341 e. The van der Waals surface area contributed by atoms with Gasteiger partial charge < -0.3 is 15.2 Å². The van der Waals surface area contributed by atoms with Crippen LogP contribution >= 0.6 is 11.3 Å². The summed E-state index contributed by atoms with van der Waals surface area (Å²) < 4.78 is 10.3. The predicted molar refractivity (Wildman–Crippen MR) is 81.3 cm³/mol. The third-order valence-corrected chi connectivity index (χ3v) is 3.66. The molecule has 0 aliphatic heterocycles. The zero-order chi connectivity index (χ0) is 14.5. The van der Waals surface area contributed by atoms with Crippen LogP contribution < -0.4 is 10.5 Å². The Bertz CT molecular complexity index is 590. The van der Waals surface area contributed by atoms with Gasteiger partial charge in [-0.05, 0) is 24.1 Å². The van der Waals surface area contributed by atoms with Gasteiger partial charge in [0.1, 0.15) is 16.3 Å². The molecule has 0 fully saturated rings. The first-order valence-corrected chi connectivity index (χ1v) is 7.23. The first kappa shape index (κ1) is 14.4. The molecule has 0 amide bonds. The van der Waals surface area contributed by atoms with Crippen molar-refractivity contribution in [3.05, 3.63) is 35.2 Å². The molecule has 0 unspecified atom stereocenters.